The molecule has 5 rings (SSSR count). The number of benzene rings is 2. The zero-order valence-electron chi connectivity index (χ0n) is 21.4. The Labute approximate surface area is 221 Å². The molecule has 0 saturated heterocycles. The van der Waals surface area contributed by atoms with E-state index >= 15 is 13.2 Å². The number of fused-ring (bicyclic) bond motifs is 3. The van der Waals surface area contributed by atoms with E-state index in [1.807, 2.05) is 6.92 Å². The summed E-state index contributed by atoms with van der Waals surface area (Å²) in [5.41, 5.74) is -0.0772. The van der Waals surface area contributed by atoms with E-state index in [0.29, 0.717) is 23.0 Å². The first-order chi connectivity index (χ1) is 18.8. The lowest BCUT2D eigenvalue weighted by Crippen LogP contribution is -2.46. The van der Waals surface area contributed by atoms with Crippen LogP contribution in [0.1, 0.15) is 41.8 Å². The van der Waals surface area contributed by atoms with Crippen LogP contribution in [-0.2, 0) is 13.0 Å². The van der Waals surface area contributed by atoms with Gasteiger partial charge in [0.2, 0.25) is 0 Å². The van der Waals surface area contributed by atoms with Crippen molar-refractivity contribution in [1.29, 1.82) is 0 Å². The fraction of sp³-hybridized carbons (Fsp3) is 0.259. The van der Waals surface area contributed by atoms with E-state index < -0.39 is 35.1 Å². The van der Waals surface area contributed by atoms with Crippen molar-refractivity contribution in [1.82, 2.24) is 20.5 Å². The van der Waals surface area contributed by atoms with Crippen LogP contribution in [0.15, 0.2) is 36.7 Å². The number of amides is 3. The number of H-pyrrole nitrogens is 1. The van der Waals surface area contributed by atoms with Gasteiger partial charge in [-0.25, -0.2) is 22.9 Å². The Morgan fingerprint density at radius 1 is 1.13 bits per heavy atom. The van der Waals surface area contributed by atoms with Crippen molar-refractivity contribution in [2.75, 3.05) is 23.5 Å². The number of nitrogens with zero attached hydrogens (tertiary/aromatic N) is 4. The molecule has 2 aromatic heterocycles. The smallest absolute Gasteiger partial charge is 0.334 e. The number of hydrogen-bond acceptors (Lipinski definition) is 5. The van der Waals surface area contributed by atoms with E-state index in [-0.39, 0.29) is 47.8 Å². The van der Waals surface area contributed by atoms with E-state index in [9.17, 15) is 9.59 Å². The summed E-state index contributed by atoms with van der Waals surface area (Å²) >= 11 is 0. The molecule has 0 spiro atoms. The Hall–Kier alpha value is -4.61. The van der Waals surface area contributed by atoms with Gasteiger partial charge in [0.05, 0.1) is 42.2 Å². The monoisotopic (exact) mass is 538 g/mol. The number of aromatic amines is 1. The van der Waals surface area contributed by atoms with E-state index in [1.54, 1.807) is 6.92 Å². The van der Waals surface area contributed by atoms with Gasteiger partial charge < -0.3 is 10.1 Å². The molecule has 1 aliphatic heterocycles. The molecule has 0 unspecified atom stereocenters. The lowest BCUT2D eigenvalue weighted by atomic mass is 10.0. The molecule has 3 amide bonds. The molecule has 2 aromatic carbocycles. The number of aryl methyl sites for hydroxylation is 1. The van der Waals surface area contributed by atoms with Gasteiger partial charge in [-0.2, -0.15) is 5.10 Å². The third kappa shape index (κ3) is 4.21. The van der Waals surface area contributed by atoms with Gasteiger partial charge in [-0.1, -0.05) is 19.4 Å². The molecule has 2 N–H and O–H groups in total. The number of nitrogens with one attached hydrogen (secondary N) is 2. The van der Waals surface area contributed by atoms with Gasteiger partial charge >= 0.3 is 6.03 Å². The molecular weight excluding hydrogens is 513 g/mol. The first-order valence-corrected chi connectivity index (χ1v) is 12.4. The molecule has 0 saturated carbocycles. The number of carbonyl (C=O) groups is 2. The average Bonchev–Trinajstić information content (AvgIpc) is 3.40. The first-order valence-electron chi connectivity index (χ1n) is 12.4. The summed E-state index contributed by atoms with van der Waals surface area (Å²) in [6.07, 6.45) is 3.69. The highest BCUT2D eigenvalue weighted by atomic mass is 19.1. The van der Waals surface area contributed by atoms with Gasteiger partial charge in [-0.15, -0.1) is 0 Å². The van der Waals surface area contributed by atoms with Crippen LogP contribution in [0.25, 0.3) is 11.0 Å². The van der Waals surface area contributed by atoms with Crippen LogP contribution in [0.3, 0.4) is 0 Å². The summed E-state index contributed by atoms with van der Waals surface area (Å²) in [5.74, 6) is -3.86. The molecule has 39 heavy (non-hydrogen) atoms. The number of hydrogen-bond donors (Lipinski definition) is 2. The lowest BCUT2D eigenvalue weighted by Gasteiger charge is -2.37. The maximum Gasteiger partial charge on any atom is 0.334 e. The SMILES string of the molecule is CCCc1cc(OC)c(F)c(N2Cc3cnc4[nH]ncc4c3N(c3cccc(C(=O)NCC)c3F)C2=O)c1F. The summed E-state index contributed by atoms with van der Waals surface area (Å²) in [5, 5.41) is 9.62. The molecule has 0 atom stereocenters. The summed E-state index contributed by atoms with van der Waals surface area (Å²) in [7, 11) is 1.25. The van der Waals surface area contributed by atoms with Crippen LogP contribution >= 0.6 is 0 Å². The number of pyridine rings is 1. The number of urea groups is 1. The summed E-state index contributed by atoms with van der Waals surface area (Å²) in [6, 6.07) is 4.36. The largest absolute Gasteiger partial charge is 0.494 e. The number of carbonyl (C=O) groups excluding carboxylic acids is 2. The number of ether oxygens (including phenoxy) is 1. The zero-order valence-corrected chi connectivity index (χ0v) is 21.4. The van der Waals surface area contributed by atoms with Crippen molar-refractivity contribution in [3.63, 3.8) is 0 Å². The summed E-state index contributed by atoms with van der Waals surface area (Å²) < 4.78 is 52.5. The Morgan fingerprint density at radius 2 is 1.92 bits per heavy atom. The van der Waals surface area contributed by atoms with Crippen LogP contribution in [-0.4, -0.2) is 40.8 Å². The van der Waals surface area contributed by atoms with Gasteiger partial charge in [0.25, 0.3) is 5.91 Å². The molecule has 0 aliphatic carbocycles. The highest BCUT2D eigenvalue weighted by Crippen LogP contribution is 2.44. The molecule has 202 valence electrons. The van der Waals surface area contributed by atoms with Crippen LogP contribution in [0.4, 0.5) is 35.0 Å². The highest BCUT2D eigenvalue weighted by Gasteiger charge is 2.39. The third-order valence-corrected chi connectivity index (χ3v) is 6.53. The lowest BCUT2D eigenvalue weighted by molar-refractivity contribution is 0.0952. The van der Waals surface area contributed by atoms with E-state index in [0.717, 1.165) is 9.80 Å². The summed E-state index contributed by atoms with van der Waals surface area (Å²) in [4.78, 5) is 32.9. The molecule has 0 bridgehead atoms. The molecule has 0 radical (unpaired) electrons. The van der Waals surface area contributed by atoms with Gasteiger partial charge in [-0.05, 0) is 37.1 Å². The van der Waals surface area contributed by atoms with Crippen molar-refractivity contribution in [3.05, 3.63) is 70.8 Å². The quantitative estimate of drug-likeness (QED) is 0.330. The van der Waals surface area contributed by atoms with Gasteiger partial charge in [0.1, 0.15) is 5.69 Å². The van der Waals surface area contributed by atoms with Gasteiger partial charge in [0.15, 0.2) is 28.8 Å². The van der Waals surface area contributed by atoms with Crippen molar-refractivity contribution >= 4 is 40.0 Å². The molecule has 3 heterocycles. The second-order valence-corrected chi connectivity index (χ2v) is 8.93. The molecule has 0 fully saturated rings. The standard InChI is InChI=1S/C27H25F3N6O3/c1-4-7-14-10-19(39-3)22(30)24(20(14)28)35-13-15-11-32-25-17(12-33-34-25)23(15)36(27(35)38)18-9-6-8-16(21(18)29)26(37)31-5-2/h6,8-12H,4-5,7,13H2,1-3H3,(H,31,37)(H,32,33,34). The Bertz CT molecular complexity index is 1610. The topological polar surface area (TPSA) is 103 Å². The number of halogens is 3. The van der Waals surface area contributed by atoms with Crippen molar-refractivity contribution in [3.8, 4) is 5.75 Å². The minimum Gasteiger partial charge on any atom is -0.494 e. The van der Waals surface area contributed by atoms with E-state index in [2.05, 4.69) is 20.5 Å². The number of methoxy groups -OCH3 is 1. The predicted molar refractivity (Wildman–Crippen MR) is 139 cm³/mol. The van der Waals surface area contributed by atoms with Crippen molar-refractivity contribution in [2.45, 2.75) is 33.2 Å². The molecule has 9 nitrogen and oxygen atoms in total. The number of rotatable bonds is 7. The zero-order chi connectivity index (χ0) is 27.8. The minimum absolute atomic E-state index is 0.170. The Morgan fingerprint density at radius 3 is 2.64 bits per heavy atom. The molecule has 1 aliphatic rings. The second-order valence-electron chi connectivity index (χ2n) is 8.93. The van der Waals surface area contributed by atoms with Crippen molar-refractivity contribution < 1.29 is 27.5 Å². The normalized spacial score (nSPS) is 13.1. The molecule has 4 aromatic rings. The average molecular weight is 539 g/mol. The first kappa shape index (κ1) is 26.0. The number of anilines is 3. The predicted octanol–water partition coefficient (Wildman–Crippen LogP) is 5.36. The van der Waals surface area contributed by atoms with Crippen molar-refractivity contribution in [2.24, 2.45) is 0 Å². The molecular formula is C27H25F3N6O3. The van der Waals surface area contributed by atoms with Gasteiger partial charge in [-0.3, -0.25) is 19.7 Å². The van der Waals surface area contributed by atoms with Crippen LogP contribution < -0.4 is 19.9 Å². The maximum atomic E-state index is 15.9. The third-order valence-electron chi connectivity index (χ3n) is 6.53. The Kier molecular flexibility index (Phi) is 6.85. The Balaban J connectivity index is 1.77. The summed E-state index contributed by atoms with van der Waals surface area (Å²) in [6.45, 7) is 3.53. The molecule has 12 heteroatoms. The second kappa shape index (κ2) is 10.3. The van der Waals surface area contributed by atoms with Crippen LogP contribution in [0, 0.1) is 17.5 Å². The van der Waals surface area contributed by atoms with E-state index in [1.165, 1.54) is 43.8 Å². The fourth-order valence-corrected chi connectivity index (χ4v) is 4.77. The van der Waals surface area contributed by atoms with Gasteiger partial charge in [0, 0.05) is 18.3 Å². The van der Waals surface area contributed by atoms with Crippen LogP contribution in [0.5, 0.6) is 5.75 Å². The van der Waals surface area contributed by atoms with E-state index in [4.69, 9.17) is 4.74 Å². The highest BCUT2D eigenvalue weighted by molar-refractivity contribution is 6.16. The number of aromatic nitrogens is 3. The fourth-order valence-electron chi connectivity index (χ4n) is 4.77. The minimum atomic E-state index is -1.07. The maximum absolute atomic E-state index is 15.9. The van der Waals surface area contributed by atoms with Crippen LogP contribution in [0.2, 0.25) is 0 Å².